The minimum absolute atomic E-state index is 0.0162. The molecule has 10 heteroatoms. The lowest BCUT2D eigenvalue weighted by Crippen LogP contribution is -2.31. The summed E-state index contributed by atoms with van der Waals surface area (Å²) in [4.78, 5) is 39.5. The first kappa shape index (κ1) is 29.8. The lowest BCUT2D eigenvalue weighted by atomic mass is 9.95. The highest BCUT2D eigenvalue weighted by Crippen LogP contribution is 2.50. The average Bonchev–Trinajstić information content (AvgIpc) is 3.13. The van der Waals surface area contributed by atoms with E-state index in [-0.39, 0.29) is 23.3 Å². The molecular weight excluding hydrogens is 500 g/mol. The van der Waals surface area contributed by atoms with E-state index in [0.29, 0.717) is 67.3 Å². The summed E-state index contributed by atoms with van der Waals surface area (Å²) in [5.41, 5.74) is 3.45. The molecule has 2 aromatic carbocycles. The summed E-state index contributed by atoms with van der Waals surface area (Å²) < 4.78 is 17.0. The molecule has 10 nitrogen and oxygen atoms in total. The van der Waals surface area contributed by atoms with Crippen LogP contribution in [-0.2, 0) is 16.0 Å². The Morgan fingerprint density at radius 1 is 1.03 bits per heavy atom. The van der Waals surface area contributed by atoms with E-state index in [9.17, 15) is 14.4 Å². The molecule has 3 rings (SSSR count). The van der Waals surface area contributed by atoms with Crippen LogP contribution >= 0.6 is 0 Å². The van der Waals surface area contributed by atoms with Crippen molar-refractivity contribution in [2.75, 3.05) is 60.4 Å². The van der Waals surface area contributed by atoms with Crippen molar-refractivity contribution >= 4 is 17.5 Å². The van der Waals surface area contributed by atoms with Crippen LogP contribution in [0.4, 0.5) is 5.69 Å². The third-order valence-electron chi connectivity index (χ3n) is 6.69. The summed E-state index contributed by atoms with van der Waals surface area (Å²) in [6, 6.07) is 6.75. The number of fused-ring (bicyclic) bond motifs is 3. The van der Waals surface area contributed by atoms with Gasteiger partial charge in [-0.3, -0.25) is 14.4 Å². The average molecular weight is 541 g/mol. The Kier molecular flexibility index (Phi) is 10.6. The van der Waals surface area contributed by atoms with Crippen molar-refractivity contribution in [1.29, 1.82) is 0 Å². The largest absolute Gasteiger partial charge is 0.493 e. The van der Waals surface area contributed by atoms with E-state index < -0.39 is 0 Å². The molecule has 39 heavy (non-hydrogen) atoms. The first-order chi connectivity index (χ1) is 18.7. The van der Waals surface area contributed by atoms with Gasteiger partial charge >= 0.3 is 0 Å². The minimum atomic E-state index is -0.370. The van der Waals surface area contributed by atoms with Gasteiger partial charge in [0.05, 0.1) is 33.1 Å². The molecule has 1 atom stereocenters. The maximum Gasteiger partial charge on any atom is 0.220 e. The van der Waals surface area contributed by atoms with Crippen LogP contribution in [0.2, 0.25) is 0 Å². The van der Waals surface area contributed by atoms with Gasteiger partial charge in [0.25, 0.3) is 0 Å². The van der Waals surface area contributed by atoms with Gasteiger partial charge in [0, 0.05) is 38.5 Å². The molecule has 0 radical (unpaired) electrons. The van der Waals surface area contributed by atoms with Gasteiger partial charge in [-0.1, -0.05) is 6.07 Å². The van der Waals surface area contributed by atoms with Crippen molar-refractivity contribution in [3.8, 4) is 28.4 Å². The second-order valence-corrected chi connectivity index (χ2v) is 9.78. The van der Waals surface area contributed by atoms with Crippen molar-refractivity contribution in [2.24, 2.45) is 0 Å². The van der Waals surface area contributed by atoms with Crippen molar-refractivity contribution in [1.82, 2.24) is 15.5 Å². The van der Waals surface area contributed by atoms with Gasteiger partial charge in [0.1, 0.15) is 0 Å². The van der Waals surface area contributed by atoms with Crippen LogP contribution in [0.3, 0.4) is 0 Å². The summed E-state index contributed by atoms with van der Waals surface area (Å²) in [7, 11) is 8.60. The standard InChI is InChI=1S/C29H40N4O6/c1-18(34)32-22-11-9-19-16-25(37-4)28(38-5)29(39-6)27(19)20-10-12-23(24(35)17-21(20)22)30-13-7-8-26(36)31-14-15-33(2)3/h10,12,16-17,22H,7-9,11,13-15H2,1-6H3,(H,30,35)(H,31,36)(H,32,34)/t22-/m0/s1. The zero-order chi connectivity index (χ0) is 28.5. The number of hydrogen-bond acceptors (Lipinski definition) is 8. The van der Waals surface area contributed by atoms with Crippen molar-refractivity contribution in [3.63, 3.8) is 0 Å². The number of ether oxygens (including phenoxy) is 3. The number of aryl methyl sites for hydroxylation is 1. The molecule has 0 unspecified atom stereocenters. The first-order valence-electron chi connectivity index (χ1n) is 13.1. The molecule has 0 aromatic heterocycles. The van der Waals surface area contributed by atoms with Crippen LogP contribution in [0.25, 0.3) is 11.1 Å². The monoisotopic (exact) mass is 540 g/mol. The highest BCUT2D eigenvalue weighted by Gasteiger charge is 2.29. The summed E-state index contributed by atoms with van der Waals surface area (Å²) in [5.74, 6) is 1.31. The van der Waals surface area contributed by atoms with Crippen LogP contribution in [-0.4, -0.2) is 71.8 Å². The lowest BCUT2D eigenvalue weighted by Gasteiger charge is -2.19. The van der Waals surface area contributed by atoms with E-state index in [1.165, 1.54) is 6.92 Å². The van der Waals surface area contributed by atoms with Crippen molar-refractivity contribution in [3.05, 3.63) is 45.6 Å². The number of nitrogens with zero attached hydrogens (tertiary/aromatic N) is 1. The number of nitrogens with one attached hydrogen (secondary N) is 3. The van der Waals surface area contributed by atoms with E-state index in [1.807, 2.05) is 31.1 Å². The second-order valence-electron chi connectivity index (χ2n) is 9.78. The van der Waals surface area contributed by atoms with Crippen LogP contribution in [0.5, 0.6) is 17.2 Å². The van der Waals surface area contributed by atoms with Gasteiger partial charge in [-0.2, -0.15) is 0 Å². The predicted molar refractivity (Wildman–Crippen MR) is 152 cm³/mol. The maximum atomic E-state index is 13.3. The van der Waals surface area contributed by atoms with E-state index >= 15 is 0 Å². The number of carbonyl (C=O) groups excluding carboxylic acids is 2. The number of amides is 2. The molecule has 0 saturated carbocycles. The fourth-order valence-electron chi connectivity index (χ4n) is 4.83. The summed E-state index contributed by atoms with van der Waals surface area (Å²) >= 11 is 0. The number of likely N-dealkylation sites (N-methyl/N-ethyl adjacent to an activating group) is 1. The van der Waals surface area contributed by atoms with Crippen LogP contribution in [0, 0.1) is 0 Å². The molecule has 1 aliphatic rings. The molecule has 1 aliphatic carbocycles. The number of methoxy groups -OCH3 is 3. The maximum absolute atomic E-state index is 13.3. The van der Waals surface area contributed by atoms with E-state index in [0.717, 1.165) is 23.2 Å². The third-order valence-corrected chi connectivity index (χ3v) is 6.69. The van der Waals surface area contributed by atoms with Crippen LogP contribution in [0.1, 0.15) is 43.4 Å². The molecule has 0 spiro atoms. The molecule has 0 aliphatic heterocycles. The number of hydrogen-bond donors (Lipinski definition) is 3. The van der Waals surface area contributed by atoms with E-state index in [4.69, 9.17) is 14.2 Å². The second kappa shape index (κ2) is 13.8. The van der Waals surface area contributed by atoms with Gasteiger partial charge in [0.15, 0.2) is 11.5 Å². The predicted octanol–water partition coefficient (Wildman–Crippen LogP) is 2.73. The van der Waals surface area contributed by atoms with E-state index in [2.05, 4.69) is 16.0 Å². The topological polar surface area (TPSA) is 118 Å². The lowest BCUT2D eigenvalue weighted by molar-refractivity contribution is -0.121. The molecular formula is C29H40N4O6. The number of rotatable bonds is 12. The summed E-state index contributed by atoms with van der Waals surface area (Å²) in [6.07, 6.45) is 2.16. The normalized spacial score (nSPS) is 14.0. The molecule has 3 N–H and O–H groups in total. The Morgan fingerprint density at radius 3 is 2.41 bits per heavy atom. The molecule has 2 amide bonds. The van der Waals surface area contributed by atoms with E-state index in [1.54, 1.807) is 33.5 Å². The highest BCUT2D eigenvalue weighted by atomic mass is 16.5. The van der Waals surface area contributed by atoms with Crippen molar-refractivity contribution < 1.29 is 23.8 Å². The molecule has 0 bridgehead atoms. The Bertz CT molecular complexity index is 1250. The van der Waals surface area contributed by atoms with Gasteiger partial charge in [-0.25, -0.2) is 0 Å². The van der Waals surface area contributed by atoms with Crippen molar-refractivity contribution in [2.45, 2.75) is 38.6 Å². The quantitative estimate of drug-likeness (QED) is 0.352. The summed E-state index contributed by atoms with van der Waals surface area (Å²) in [5, 5.41) is 9.09. The Morgan fingerprint density at radius 2 is 1.77 bits per heavy atom. The van der Waals surface area contributed by atoms with Crippen LogP contribution < -0.4 is 35.6 Å². The fourth-order valence-corrected chi connectivity index (χ4v) is 4.83. The first-order valence-corrected chi connectivity index (χ1v) is 13.1. The van der Waals surface area contributed by atoms with Crippen LogP contribution in [0.15, 0.2) is 29.1 Å². The van der Waals surface area contributed by atoms with Gasteiger partial charge < -0.3 is 35.1 Å². The van der Waals surface area contributed by atoms with Gasteiger partial charge in [-0.05, 0) is 68.2 Å². The molecule has 2 aromatic rings. The third kappa shape index (κ3) is 7.41. The fraction of sp³-hybridized carbons (Fsp3) is 0.483. The Labute approximate surface area is 230 Å². The molecule has 0 fully saturated rings. The Hall–Kier alpha value is -3.79. The zero-order valence-electron chi connectivity index (χ0n) is 23.7. The SMILES string of the molecule is COc1cc2c(c(OC)c1OC)-c1ccc(NCCCC(=O)NCCN(C)C)c(=O)cc1[C@@H](NC(C)=O)CC2. The highest BCUT2D eigenvalue weighted by molar-refractivity contribution is 5.83. The summed E-state index contributed by atoms with van der Waals surface area (Å²) in [6.45, 7) is 3.31. The number of carbonyl (C=O) groups is 2. The minimum Gasteiger partial charge on any atom is -0.493 e. The molecule has 212 valence electrons. The number of benzene rings is 1. The van der Waals surface area contributed by atoms with Gasteiger partial charge in [-0.15, -0.1) is 0 Å². The Balaban J connectivity index is 1.96. The molecule has 0 saturated heterocycles. The number of anilines is 1. The van der Waals surface area contributed by atoms with Gasteiger partial charge in [0.2, 0.25) is 23.0 Å². The molecule has 0 heterocycles. The zero-order valence-corrected chi connectivity index (χ0v) is 23.7. The smallest absolute Gasteiger partial charge is 0.220 e.